The number of benzene rings is 1. The molecule has 0 spiro atoms. The van der Waals surface area contributed by atoms with Gasteiger partial charge in [-0.25, -0.2) is 4.98 Å². The highest BCUT2D eigenvalue weighted by Gasteiger charge is 2.26. The summed E-state index contributed by atoms with van der Waals surface area (Å²) in [5.41, 5.74) is 2.35. The van der Waals surface area contributed by atoms with E-state index < -0.39 is 0 Å². The molecule has 1 aromatic carbocycles. The van der Waals surface area contributed by atoms with Gasteiger partial charge in [-0.05, 0) is 25.8 Å². The van der Waals surface area contributed by atoms with Crippen LogP contribution in [0, 0.1) is 5.92 Å². The monoisotopic (exact) mass is 272 g/mol. The van der Waals surface area contributed by atoms with Crippen molar-refractivity contribution in [2.24, 2.45) is 5.92 Å². The molecule has 2 unspecified atom stereocenters. The predicted octanol–water partition coefficient (Wildman–Crippen LogP) is 3.74. The molecular formula is C16H20N2S. The zero-order valence-electron chi connectivity index (χ0n) is 11.3. The van der Waals surface area contributed by atoms with Crippen LogP contribution in [0.1, 0.15) is 24.3 Å². The quantitative estimate of drug-likeness (QED) is 0.917. The molecule has 100 valence electrons. The third-order valence-corrected chi connectivity index (χ3v) is 4.96. The number of nitrogens with one attached hydrogen (secondary N) is 1. The molecule has 3 heteroatoms. The fourth-order valence-electron chi connectivity index (χ4n) is 3.03. The molecule has 1 saturated carbocycles. The van der Waals surface area contributed by atoms with E-state index in [4.69, 9.17) is 4.98 Å². The molecule has 0 saturated heterocycles. The molecule has 0 amide bonds. The molecule has 0 aliphatic heterocycles. The van der Waals surface area contributed by atoms with Crippen molar-refractivity contribution in [3.05, 3.63) is 40.7 Å². The second kappa shape index (κ2) is 5.85. The number of hydrogen-bond donors (Lipinski definition) is 1. The van der Waals surface area contributed by atoms with Gasteiger partial charge in [0.15, 0.2) is 0 Å². The number of rotatable bonds is 4. The zero-order valence-corrected chi connectivity index (χ0v) is 12.1. The Bertz CT molecular complexity index is 521. The smallest absolute Gasteiger partial charge is 0.0935 e. The van der Waals surface area contributed by atoms with Crippen LogP contribution in [0.2, 0.25) is 0 Å². The summed E-state index contributed by atoms with van der Waals surface area (Å²) in [5.74, 6) is 0.764. The maximum Gasteiger partial charge on any atom is 0.0935 e. The lowest BCUT2D eigenvalue weighted by molar-refractivity contribution is 0.423. The van der Waals surface area contributed by atoms with Crippen LogP contribution in [0.3, 0.4) is 0 Å². The molecule has 0 radical (unpaired) electrons. The third-order valence-electron chi connectivity index (χ3n) is 4.09. The van der Waals surface area contributed by atoms with Crippen LogP contribution >= 0.6 is 11.3 Å². The van der Waals surface area contributed by atoms with E-state index >= 15 is 0 Å². The van der Waals surface area contributed by atoms with E-state index in [0.29, 0.717) is 6.04 Å². The minimum atomic E-state index is 0.684. The molecule has 1 aromatic heterocycles. The third kappa shape index (κ3) is 2.88. The molecule has 3 rings (SSSR count). The molecule has 2 nitrogen and oxygen atoms in total. The lowest BCUT2D eigenvalue weighted by Gasteiger charge is -2.17. The van der Waals surface area contributed by atoms with Crippen molar-refractivity contribution in [3.63, 3.8) is 0 Å². The van der Waals surface area contributed by atoms with Gasteiger partial charge in [-0.15, -0.1) is 11.3 Å². The second-order valence-corrected chi connectivity index (χ2v) is 6.23. The predicted molar refractivity (Wildman–Crippen MR) is 81.4 cm³/mol. The summed E-state index contributed by atoms with van der Waals surface area (Å²) in [7, 11) is 2.08. The fourth-order valence-corrected chi connectivity index (χ4v) is 3.93. The van der Waals surface area contributed by atoms with Gasteiger partial charge in [0.05, 0.1) is 10.7 Å². The van der Waals surface area contributed by atoms with Crippen LogP contribution in [0.4, 0.5) is 0 Å². The minimum absolute atomic E-state index is 0.684. The van der Waals surface area contributed by atoms with Crippen LogP contribution < -0.4 is 5.32 Å². The number of nitrogens with zero attached hydrogens (tertiary/aromatic N) is 1. The van der Waals surface area contributed by atoms with Crippen molar-refractivity contribution in [2.45, 2.75) is 31.7 Å². The van der Waals surface area contributed by atoms with Gasteiger partial charge in [0.1, 0.15) is 0 Å². The van der Waals surface area contributed by atoms with Crippen molar-refractivity contribution in [3.8, 4) is 11.3 Å². The second-order valence-electron chi connectivity index (χ2n) is 5.28. The van der Waals surface area contributed by atoms with E-state index in [-0.39, 0.29) is 0 Å². The van der Waals surface area contributed by atoms with Gasteiger partial charge in [-0.3, -0.25) is 0 Å². The lowest BCUT2D eigenvalue weighted by Crippen LogP contribution is -2.29. The molecule has 2 atom stereocenters. The fraction of sp³-hybridized carbons (Fsp3) is 0.438. The molecule has 19 heavy (non-hydrogen) atoms. The van der Waals surface area contributed by atoms with Crippen molar-refractivity contribution < 1.29 is 0 Å². The minimum Gasteiger partial charge on any atom is -0.317 e. The first kappa shape index (κ1) is 12.8. The molecule has 1 aliphatic rings. The van der Waals surface area contributed by atoms with Gasteiger partial charge in [-0.2, -0.15) is 0 Å². The molecule has 1 N–H and O–H groups in total. The first-order valence-electron chi connectivity index (χ1n) is 7.04. The maximum atomic E-state index is 4.80. The summed E-state index contributed by atoms with van der Waals surface area (Å²) in [6.45, 7) is 0. The molecular weight excluding hydrogens is 252 g/mol. The van der Waals surface area contributed by atoms with Crippen molar-refractivity contribution in [2.75, 3.05) is 7.05 Å². The van der Waals surface area contributed by atoms with Gasteiger partial charge in [0, 0.05) is 23.4 Å². The van der Waals surface area contributed by atoms with Crippen LogP contribution in [0.25, 0.3) is 11.3 Å². The number of aromatic nitrogens is 1. The Kier molecular flexibility index (Phi) is 3.95. The summed E-state index contributed by atoms with van der Waals surface area (Å²) in [6, 6.07) is 11.1. The molecule has 1 heterocycles. The Balaban J connectivity index is 1.72. The van der Waals surface area contributed by atoms with Gasteiger partial charge >= 0.3 is 0 Å². The highest BCUT2D eigenvalue weighted by atomic mass is 32.1. The molecule has 0 bridgehead atoms. The number of hydrogen-bond acceptors (Lipinski definition) is 3. The van der Waals surface area contributed by atoms with E-state index in [9.17, 15) is 0 Å². The van der Waals surface area contributed by atoms with Crippen LogP contribution in [-0.4, -0.2) is 18.1 Å². The Hall–Kier alpha value is -1.19. The average Bonchev–Trinajstić information content (AvgIpc) is 3.09. The highest BCUT2D eigenvalue weighted by molar-refractivity contribution is 7.09. The Morgan fingerprint density at radius 2 is 2.11 bits per heavy atom. The van der Waals surface area contributed by atoms with Gasteiger partial charge in [-0.1, -0.05) is 36.8 Å². The van der Waals surface area contributed by atoms with Crippen LogP contribution in [0.5, 0.6) is 0 Å². The van der Waals surface area contributed by atoms with E-state index in [0.717, 1.165) is 18.0 Å². The molecule has 1 fully saturated rings. The largest absolute Gasteiger partial charge is 0.317 e. The van der Waals surface area contributed by atoms with Gasteiger partial charge in [0.2, 0.25) is 0 Å². The van der Waals surface area contributed by atoms with Crippen molar-refractivity contribution in [1.29, 1.82) is 0 Å². The van der Waals surface area contributed by atoms with E-state index in [1.54, 1.807) is 11.3 Å². The topological polar surface area (TPSA) is 24.9 Å². The van der Waals surface area contributed by atoms with Crippen LogP contribution in [0.15, 0.2) is 35.7 Å². The maximum absolute atomic E-state index is 4.80. The standard InChI is InChI=1S/C16H20N2S/c1-17-14-9-5-8-13(14)10-16-18-15(11-19-16)12-6-3-2-4-7-12/h2-4,6-7,11,13-14,17H,5,8-10H2,1H3. The molecule has 1 aliphatic carbocycles. The summed E-state index contributed by atoms with van der Waals surface area (Å²) in [5, 5.41) is 6.92. The highest BCUT2D eigenvalue weighted by Crippen LogP contribution is 2.30. The Morgan fingerprint density at radius 3 is 2.89 bits per heavy atom. The first-order valence-corrected chi connectivity index (χ1v) is 7.92. The summed E-state index contributed by atoms with van der Waals surface area (Å²) >= 11 is 1.80. The number of thiazole rings is 1. The summed E-state index contributed by atoms with van der Waals surface area (Å²) in [4.78, 5) is 4.80. The van der Waals surface area contributed by atoms with Crippen molar-refractivity contribution >= 4 is 11.3 Å². The van der Waals surface area contributed by atoms with Crippen LogP contribution in [-0.2, 0) is 6.42 Å². The first-order chi connectivity index (χ1) is 9.36. The van der Waals surface area contributed by atoms with Crippen molar-refractivity contribution in [1.82, 2.24) is 10.3 Å². The average molecular weight is 272 g/mol. The van der Waals surface area contributed by atoms with E-state index in [2.05, 4.69) is 42.0 Å². The normalized spacial score (nSPS) is 22.8. The van der Waals surface area contributed by atoms with Gasteiger partial charge < -0.3 is 5.32 Å². The summed E-state index contributed by atoms with van der Waals surface area (Å²) < 4.78 is 0. The SMILES string of the molecule is CNC1CCCC1Cc1nc(-c2ccccc2)cs1. The molecule has 2 aromatic rings. The summed E-state index contributed by atoms with van der Waals surface area (Å²) in [6.07, 6.45) is 5.14. The Labute approximate surface area is 118 Å². The van der Waals surface area contributed by atoms with E-state index in [1.807, 2.05) is 6.07 Å². The van der Waals surface area contributed by atoms with Gasteiger partial charge in [0.25, 0.3) is 0 Å². The Morgan fingerprint density at radius 1 is 1.26 bits per heavy atom. The lowest BCUT2D eigenvalue weighted by atomic mass is 10.0. The van der Waals surface area contributed by atoms with E-state index in [1.165, 1.54) is 29.8 Å². The zero-order chi connectivity index (χ0) is 13.1.